The van der Waals surface area contributed by atoms with Crippen LogP contribution in [-0.2, 0) is 0 Å². The molecule has 2 aliphatic heterocycles. The normalized spacial score (nSPS) is 11.7. The molecule has 118 heavy (non-hydrogen) atoms. The zero-order valence-electron chi connectivity index (χ0n) is 67.8. The molecule has 8 bridgehead atoms. The zero-order chi connectivity index (χ0) is 81.6. The van der Waals surface area contributed by atoms with E-state index in [9.17, 15) is 21.0 Å². The van der Waals surface area contributed by atoms with Gasteiger partial charge in [0, 0.05) is 44.3 Å². The Hall–Kier alpha value is -13.8. The number of benzene rings is 6. The molecular weight excluding hydrogens is 1460 g/mol. The maximum absolute atomic E-state index is 10.1. The second-order valence-corrected chi connectivity index (χ2v) is 29.6. The van der Waals surface area contributed by atoms with E-state index in [0.717, 1.165) is 149 Å². The van der Waals surface area contributed by atoms with E-state index in [1.807, 2.05) is 170 Å². The van der Waals surface area contributed by atoms with Crippen LogP contribution in [0, 0.1) is 45.3 Å². The monoisotopic (exact) mass is 1550 g/mol. The summed E-state index contributed by atoms with van der Waals surface area (Å²) in [5.41, 5.74) is 18.2. The maximum atomic E-state index is 10.1. The number of fused-ring (bicyclic) bond motifs is 8. The lowest BCUT2D eigenvalue weighted by Crippen LogP contribution is -2.00. The molecule has 11 aromatic rings. The van der Waals surface area contributed by atoms with Gasteiger partial charge in [-0.3, -0.25) is 0 Å². The molecule has 2 N–H and O–H groups in total. The second kappa shape index (κ2) is 42.0. The summed E-state index contributed by atoms with van der Waals surface area (Å²) in [4.78, 5) is 37.4. The first-order valence-corrected chi connectivity index (χ1v) is 41.4. The molecule has 0 saturated heterocycles. The van der Waals surface area contributed by atoms with Gasteiger partial charge >= 0.3 is 0 Å². The first-order valence-electron chi connectivity index (χ1n) is 41.4. The van der Waals surface area contributed by atoms with Crippen molar-refractivity contribution in [3.8, 4) is 91.8 Å². The van der Waals surface area contributed by atoms with E-state index in [1.54, 1.807) is 14.2 Å². The molecular formula is C102H98N12O4. The van der Waals surface area contributed by atoms with Gasteiger partial charge in [0.05, 0.1) is 73.0 Å². The number of nitrogens with zero attached hydrogens (tertiary/aromatic N) is 10. The molecule has 13 rings (SSSR count). The zero-order valence-corrected chi connectivity index (χ0v) is 67.8. The molecule has 16 nitrogen and oxygen atoms in total. The van der Waals surface area contributed by atoms with Gasteiger partial charge < -0.3 is 28.9 Å². The second-order valence-electron chi connectivity index (χ2n) is 29.6. The van der Waals surface area contributed by atoms with Gasteiger partial charge in [-0.15, -0.1) is 0 Å². The fraction of sp³-hybridized carbons (Fsp3) is 0.255. The molecule has 0 unspecified atom stereocenters. The van der Waals surface area contributed by atoms with Crippen LogP contribution in [0.4, 0.5) is 0 Å². The number of nitriles is 4. The van der Waals surface area contributed by atoms with Crippen LogP contribution in [0.1, 0.15) is 233 Å². The van der Waals surface area contributed by atoms with E-state index < -0.39 is 0 Å². The van der Waals surface area contributed by atoms with E-state index in [4.69, 9.17) is 28.9 Å². The van der Waals surface area contributed by atoms with Gasteiger partial charge in [0.25, 0.3) is 0 Å². The van der Waals surface area contributed by atoms with Gasteiger partial charge in [-0.2, -0.15) is 21.0 Å². The summed E-state index contributed by atoms with van der Waals surface area (Å²) in [6.45, 7) is 5.87. The van der Waals surface area contributed by atoms with Crippen molar-refractivity contribution >= 4 is 95.0 Å². The van der Waals surface area contributed by atoms with Crippen LogP contribution >= 0.6 is 0 Å². The summed E-state index contributed by atoms with van der Waals surface area (Å²) in [5.74, 6) is 3.06. The van der Waals surface area contributed by atoms with E-state index in [0.29, 0.717) is 47.5 Å². The van der Waals surface area contributed by atoms with Crippen molar-refractivity contribution in [1.29, 1.82) is 21.0 Å². The van der Waals surface area contributed by atoms with Crippen molar-refractivity contribution in [3.63, 3.8) is 0 Å². The minimum absolute atomic E-state index is 0.0513. The summed E-state index contributed by atoms with van der Waals surface area (Å²) < 4.78 is 23.6. The Balaban J connectivity index is 0.809. The third-order valence-electron chi connectivity index (χ3n) is 21.3. The van der Waals surface area contributed by atoms with E-state index in [2.05, 4.69) is 141 Å². The summed E-state index contributed by atoms with van der Waals surface area (Å²) in [6, 6.07) is 64.9. The Morgan fingerprint density at radius 2 is 0.500 bits per heavy atom. The minimum atomic E-state index is -0.0580. The summed E-state index contributed by atoms with van der Waals surface area (Å²) in [6.07, 6.45) is 48.6. The molecule has 0 atom stereocenters. The molecule has 0 radical (unpaired) electrons. The molecule has 5 aromatic heterocycles. The highest BCUT2D eigenvalue weighted by atomic mass is 16.5. The molecule has 2 aliphatic rings. The highest BCUT2D eigenvalue weighted by Gasteiger charge is 2.21. The average molecular weight is 1560 g/mol. The van der Waals surface area contributed by atoms with Crippen molar-refractivity contribution in [1.82, 2.24) is 39.9 Å². The molecule has 0 amide bonds. The number of aromatic nitrogens is 8. The summed E-state index contributed by atoms with van der Waals surface area (Å²) >= 11 is 0. The molecule has 7 heterocycles. The smallest absolute Gasteiger partial charge is 0.177 e. The van der Waals surface area contributed by atoms with Gasteiger partial charge in [-0.1, -0.05) is 251 Å². The van der Waals surface area contributed by atoms with Gasteiger partial charge in [0.15, 0.2) is 22.8 Å². The van der Waals surface area contributed by atoms with Crippen LogP contribution in [0.5, 0.6) is 23.0 Å². The third kappa shape index (κ3) is 21.6. The SMILES string of the molecule is CCCCCCCCCCCCOc1ccc(/C=C/c2nc(C#N)c(C#N)nc2/C=C/c2ccc(-c3c4nc(c(-c5ccc(OC)cc5)c5ccc([nH]5)c(-c5ccc(/C=C/c6nc(C#N)c(C#N)nc6/C=C/c6ccc(OCCCCCCCCCCCC)cc6)cc5)c5nc(c(-c6ccc(OC)cc6)c6ccc3[nH]6)C=C5)C=C4)cc2)cc1. The molecule has 16 heteroatoms. The largest absolute Gasteiger partial charge is 0.497 e. The number of methoxy groups -OCH3 is 2. The predicted octanol–water partition coefficient (Wildman–Crippen LogP) is 25.7. The summed E-state index contributed by atoms with van der Waals surface area (Å²) in [7, 11) is 3.32. The van der Waals surface area contributed by atoms with Crippen LogP contribution in [0.25, 0.3) is 139 Å². The summed E-state index contributed by atoms with van der Waals surface area (Å²) in [5, 5.41) is 40.4. The fourth-order valence-electron chi connectivity index (χ4n) is 14.8. The van der Waals surface area contributed by atoms with Crippen molar-refractivity contribution in [2.75, 3.05) is 27.4 Å². The molecule has 0 saturated carbocycles. The first kappa shape index (κ1) is 82.2. The van der Waals surface area contributed by atoms with Crippen molar-refractivity contribution in [2.24, 2.45) is 0 Å². The van der Waals surface area contributed by atoms with E-state index >= 15 is 0 Å². The highest BCUT2D eigenvalue weighted by molar-refractivity contribution is 6.00. The van der Waals surface area contributed by atoms with Crippen LogP contribution in [0.2, 0.25) is 0 Å². The Kier molecular flexibility index (Phi) is 29.3. The standard InChI is InChI=1S/C102H98N12O4/c1-5-7-9-11-13-15-17-19-21-23-65-117-81-45-29-73(30-46-81)35-55-85-83(107-95(67-103)97(69-105)109-85)53-33-71-25-37-75(38-26-71)99-87-57-61-91(111-87)101(77-41-49-79(115-3)50-42-77)93-63-59-89(113-93)100(90-60-64-94(114-90)102(92-62-58-88(99)112-92)78-43-51-80(116-4)52-44-78)76-39-27-72(28-40-76)34-54-84-86(110-98(70-106)96(68-104)108-84)56-36-74-31-47-82(48-32-74)118-66-24-22-20-18-16-14-12-10-8-6-2/h25-64,111,114H,5-24,65-66H2,1-4H3/b53-33+,54-34+,55-35+,56-36+,99-87?,99-88?,100-89?,100-90?,101-91?,101-93?,102-92?,102-94?. The van der Waals surface area contributed by atoms with Gasteiger partial charge in [-0.25, -0.2) is 29.9 Å². The Morgan fingerprint density at radius 1 is 0.271 bits per heavy atom. The van der Waals surface area contributed by atoms with Gasteiger partial charge in [0.1, 0.15) is 47.3 Å². The van der Waals surface area contributed by atoms with Gasteiger partial charge in [0.2, 0.25) is 0 Å². The Bertz CT molecular complexity index is 5480. The van der Waals surface area contributed by atoms with Crippen molar-refractivity contribution < 1.29 is 18.9 Å². The number of aromatic amines is 2. The number of hydrogen-bond acceptors (Lipinski definition) is 14. The lowest BCUT2D eigenvalue weighted by molar-refractivity contribution is 0.304. The highest BCUT2D eigenvalue weighted by Crippen LogP contribution is 2.40. The topological polar surface area (TPSA) is 241 Å². The number of ether oxygens (including phenoxy) is 4. The van der Waals surface area contributed by atoms with Gasteiger partial charge in [-0.05, 0) is 179 Å². The van der Waals surface area contributed by atoms with Crippen LogP contribution in [0.3, 0.4) is 0 Å². The van der Waals surface area contributed by atoms with Crippen molar-refractivity contribution in [3.05, 3.63) is 260 Å². The molecule has 590 valence electrons. The quantitative estimate of drug-likeness (QED) is 0.0342. The minimum Gasteiger partial charge on any atom is -0.497 e. The molecule has 6 aromatic carbocycles. The maximum Gasteiger partial charge on any atom is 0.177 e. The molecule has 0 aliphatic carbocycles. The van der Waals surface area contributed by atoms with Crippen LogP contribution < -0.4 is 18.9 Å². The molecule has 0 spiro atoms. The van der Waals surface area contributed by atoms with Crippen LogP contribution in [0.15, 0.2) is 170 Å². The number of nitrogens with one attached hydrogen (secondary N) is 2. The lowest BCUT2D eigenvalue weighted by atomic mass is 10.0. The van der Waals surface area contributed by atoms with Crippen LogP contribution in [-0.4, -0.2) is 67.3 Å². The third-order valence-corrected chi connectivity index (χ3v) is 21.3. The number of H-pyrrole nitrogens is 2. The molecule has 0 fully saturated rings. The number of rotatable bonds is 38. The number of hydrogen-bond donors (Lipinski definition) is 2. The fourth-order valence-corrected chi connectivity index (χ4v) is 14.8. The van der Waals surface area contributed by atoms with E-state index in [-0.39, 0.29) is 22.8 Å². The Morgan fingerprint density at radius 3 is 0.746 bits per heavy atom. The Labute approximate surface area is 692 Å². The first-order chi connectivity index (χ1) is 58.1. The van der Waals surface area contributed by atoms with Crippen molar-refractivity contribution in [2.45, 2.75) is 142 Å². The number of unbranched alkanes of at least 4 members (excludes halogenated alkanes) is 18. The predicted molar refractivity (Wildman–Crippen MR) is 480 cm³/mol. The average Bonchev–Trinajstić information content (AvgIpc) is 1.61. The lowest BCUT2D eigenvalue weighted by Gasteiger charge is -2.08. The van der Waals surface area contributed by atoms with E-state index in [1.165, 1.54) is 103 Å².